The third kappa shape index (κ3) is 7.12. The Balaban J connectivity index is 1.76. The lowest BCUT2D eigenvalue weighted by atomic mass is 10.1. The molecule has 0 radical (unpaired) electrons. The summed E-state index contributed by atoms with van der Waals surface area (Å²) in [5, 5.41) is 12.3. The van der Waals surface area contributed by atoms with Crippen LogP contribution >= 0.6 is 15.9 Å². The summed E-state index contributed by atoms with van der Waals surface area (Å²) in [5.41, 5.74) is 2.05. The molecule has 0 saturated heterocycles. The summed E-state index contributed by atoms with van der Waals surface area (Å²) < 4.78 is 18.1. The molecule has 0 atom stereocenters. The van der Waals surface area contributed by atoms with Gasteiger partial charge in [-0.1, -0.05) is 34.1 Å². The van der Waals surface area contributed by atoms with Gasteiger partial charge in [0.2, 0.25) is 0 Å². The molecule has 1 N–H and O–H groups in total. The highest BCUT2D eigenvalue weighted by Crippen LogP contribution is 2.25. The molecule has 0 aliphatic carbocycles. The minimum Gasteiger partial charge on any atom is -0.494 e. The van der Waals surface area contributed by atoms with E-state index < -0.39 is 5.91 Å². The minimum absolute atomic E-state index is 0.0249. The van der Waals surface area contributed by atoms with E-state index in [1.54, 1.807) is 30.3 Å². The topological polar surface area (TPSA) is 80.6 Å². The van der Waals surface area contributed by atoms with Gasteiger partial charge in [-0.3, -0.25) is 4.79 Å². The van der Waals surface area contributed by atoms with E-state index in [-0.39, 0.29) is 5.57 Å². The first kappa shape index (κ1) is 24.9. The summed E-state index contributed by atoms with van der Waals surface area (Å²) in [5.74, 6) is 1.52. The Kier molecular flexibility index (Phi) is 9.12. The SMILES string of the molecule is CCOc1cccc(NC(=O)C(C#N)=Cc2ccc(COc3ccc(Br)cc3)c(OCC)c2)c1. The Hall–Kier alpha value is -3.76. The van der Waals surface area contributed by atoms with Crippen molar-refractivity contribution in [2.45, 2.75) is 20.5 Å². The van der Waals surface area contributed by atoms with Crippen LogP contribution in [-0.2, 0) is 11.4 Å². The molecule has 1 amide bonds. The summed E-state index contributed by atoms with van der Waals surface area (Å²) >= 11 is 3.41. The van der Waals surface area contributed by atoms with Crippen molar-refractivity contribution in [1.82, 2.24) is 0 Å². The highest BCUT2D eigenvalue weighted by atomic mass is 79.9. The molecule has 0 aliphatic rings. The van der Waals surface area contributed by atoms with Gasteiger partial charge in [-0.05, 0) is 68.0 Å². The molecule has 0 heterocycles. The molecule has 3 aromatic rings. The summed E-state index contributed by atoms with van der Waals surface area (Å²) in [6.45, 7) is 5.10. The Labute approximate surface area is 207 Å². The number of nitriles is 1. The molecule has 0 aromatic heterocycles. The zero-order valence-corrected chi connectivity index (χ0v) is 20.6. The Morgan fingerprint density at radius 2 is 1.74 bits per heavy atom. The second kappa shape index (κ2) is 12.5. The summed E-state index contributed by atoms with van der Waals surface area (Å²) in [4.78, 5) is 12.7. The fourth-order valence-corrected chi connectivity index (χ4v) is 3.37. The number of nitrogens with zero attached hydrogens (tertiary/aromatic N) is 1. The van der Waals surface area contributed by atoms with Crippen LogP contribution in [0, 0.1) is 11.3 Å². The number of anilines is 1. The smallest absolute Gasteiger partial charge is 0.266 e. The molecule has 0 bridgehead atoms. The molecule has 0 saturated carbocycles. The van der Waals surface area contributed by atoms with Gasteiger partial charge in [0, 0.05) is 21.8 Å². The van der Waals surface area contributed by atoms with Crippen LogP contribution in [0.5, 0.6) is 17.2 Å². The predicted octanol–water partition coefficient (Wildman–Crippen LogP) is 6.37. The van der Waals surface area contributed by atoms with Crippen molar-refractivity contribution in [3.63, 3.8) is 0 Å². The van der Waals surface area contributed by atoms with E-state index in [1.165, 1.54) is 6.08 Å². The Morgan fingerprint density at radius 3 is 2.44 bits per heavy atom. The number of amides is 1. The standard InChI is InChI=1S/C27H25BrN2O4/c1-3-32-25-7-5-6-23(16-25)30-27(31)21(17-29)14-19-8-9-20(26(15-19)33-4-2)18-34-24-12-10-22(28)11-13-24/h5-16H,3-4,18H2,1-2H3,(H,30,31). The zero-order valence-electron chi connectivity index (χ0n) is 19.0. The monoisotopic (exact) mass is 520 g/mol. The normalized spacial score (nSPS) is 10.8. The van der Waals surface area contributed by atoms with E-state index in [9.17, 15) is 10.1 Å². The van der Waals surface area contributed by atoms with Gasteiger partial charge < -0.3 is 19.5 Å². The zero-order chi connectivity index (χ0) is 24.3. The Bertz CT molecular complexity index is 1200. The fourth-order valence-electron chi connectivity index (χ4n) is 3.11. The number of nitrogens with one attached hydrogen (secondary N) is 1. The maximum atomic E-state index is 12.7. The van der Waals surface area contributed by atoms with Crippen molar-refractivity contribution < 1.29 is 19.0 Å². The van der Waals surface area contributed by atoms with Crippen LogP contribution in [-0.4, -0.2) is 19.1 Å². The lowest BCUT2D eigenvalue weighted by Gasteiger charge is -2.13. The molecule has 3 rings (SSSR count). The lowest BCUT2D eigenvalue weighted by molar-refractivity contribution is -0.112. The van der Waals surface area contributed by atoms with Crippen LogP contribution in [0.1, 0.15) is 25.0 Å². The molecule has 7 heteroatoms. The van der Waals surface area contributed by atoms with Crippen molar-refractivity contribution in [3.05, 3.63) is 87.9 Å². The third-order valence-electron chi connectivity index (χ3n) is 4.68. The van der Waals surface area contributed by atoms with Crippen molar-refractivity contribution >= 4 is 33.6 Å². The molecule has 3 aromatic carbocycles. The summed E-state index contributed by atoms with van der Waals surface area (Å²) in [6, 6.07) is 22.1. The first-order valence-corrected chi connectivity index (χ1v) is 11.6. The highest BCUT2D eigenvalue weighted by molar-refractivity contribution is 9.10. The molecule has 0 spiro atoms. The van der Waals surface area contributed by atoms with Crippen molar-refractivity contribution in [2.24, 2.45) is 0 Å². The van der Waals surface area contributed by atoms with Gasteiger partial charge in [0.25, 0.3) is 5.91 Å². The van der Waals surface area contributed by atoms with Gasteiger partial charge in [-0.25, -0.2) is 0 Å². The number of carbonyl (C=O) groups is 1. The number of rotatable bonds is 10. The lowest BCUT2D eigenvalue weighted by Crippen LogP contribution is -2.13. The molecular weight excluding hydrogens is 496 g/mol. The van der Waals surface area contributed by atoms with E-state index in [0.29, 0.717) is 42.6 Å². The number of benzene rings is 3. The van der Waals surface area contributed by atoms with Crippen LogP contribution in [0.15, 0.2) is 76.8 Å². The van der Waals surface area contributed by atoms with Crippen LogP contribution in [0.25, 0.3) is 6.08 Å². The van der Waals surface area contributed by atoms with Gasteiger partial charge in [0.1, 0.15) is 35.5 Å². The Morgan fingerprint density at radius 1 is 0.971 bits per heavy atom. The summed E-state index contributed by atoms with van der Waals surface area (Å²) in [7, 11) is 0. The first-order chi connectivity index (χ1) is 16.5. The van der Waals surface area contributed by atoms with E-state index in [2.05, 4.69) is 21.2 Å². The van der Waals surface area contributed by atoms with Crippen molar-refractivity contribution in [3.8, 4) is 23.3 Å². The van der Waals surface area contributed by atoms with E-state index >= 15 is 0 Å². The van der Waals surface area contributed by atoms with Gasteiger partial charge in [-0.15, -0.1) is 0 Å². The summed E-state index contributed by atoms with van der Waals surface area (Å²) in [6.07, 6.45) is 1.53. The molecule has 0 unspecified atom stereocenters. The predicted molar refractivity (Wildman–Crippen MR) is 136 cm³/mol. The van der Waals surface area contributed by atoms with Crippen LogP contribution < -0.4 is 19.5 Å². The number of carbonyl (C=O) groups excluding carboxylic acids is 1. The minimum atomic E-state index is -0.503. The number of ether oxygens (including phenoxy) is 3. The molecule has 6 nitrogen and oxygen atoms in total. The van der Waals surface area contributed by atoms with Gasteiger partial charge in [-0.2, -0.15) is 5.26 Å². The second-order valence-corrected chi connectivity index (χ2v) is 8.04. The average Bonchev–Trinajstić information content (AvgIpc) is 2.83. The second-order valence-electron chi connectivity index (χ2n) is 7.13. The maximum absolute atomic E-state index is 12.7. The maximum Gasteiger partial charge on any atom is 0.266 e. The molecule has 0 fully saturated rings. The number of hydrogen-bond donors (Lipinski definition) is 1. The third-order valence-corrected chi connectivity index (χ3v) is 5.21. The number of hydrogen-bond acceptors (Lipinski definition) is 5. The van der Waals surface area contributed by atoms with Crippen LogP contribution in [0.4, 0.5) is 5.69 Å². The fraction of sp³-hybridized carbons (Fsp3) is 0.185. The first-order valence-electron chi connectivity index (χ1n) is 10.8. The van der Waals surface area contributed by atoms with Crippen molar-refractivity contribution in [1.29, 1.82) is 5.26 Å². The molecule has 0 aliphatic heterocycles. The van der Waals surface area contributed by atoms with Gasteiger partial charge >= 0.3 is 0 Å². The van der Waals surface area contributed by atoms with E-state index in [0.717, 1.165) is 15.8 Å². The van der Waals surface area contributed by atoms with E-state index in [4.69, 9.17) is 14.2 Å². The molecular formula is C27H25BrN2O4. The highest BCUT2D eigenvalue weighted by Gasteiger charge is 2.12. The quantitative estimate of drug-likeness (QED) is 0.248. The average molecular weight is 521 g/mol. The van der Waals surface area contributed by atoms with Gasteiger partial charge in [0.05, 0.1) is 13.2 Å². The molecule has 34 heavy (non-hydrogen) atoms. The van der Waals surface area contributed by atoms with Crippen molar-refractivity contribution in [2.75, 3.05) is 18.5 Å². The largest absolute Gasteiger partial charge is 0.494 e. The number of halogens is 1. The van der Waals surface area contributed by atoms with Gasteiger partial charge in [0.15, 0.2) is 0 Å². The van der Waals surface area contributed by atoms with E-state index in [1.807, 2.05) is 56.3 Å². The molecule has 174 valence electrons. The van der Waals surface area contributed by atoms with Crippen LogP contribution in [0.3, 0.4) is 0 Å². The van der Waals surface area contributed by atoms with Crippen LogP contribution in [0.2, 0.25) is 0 Å².